The van der Waals surface area contributed by atoms with Gasteiger partial charge in [0, 0.05) is 10.4 Å². The predicted octanol–water partition coefficient (Wildman–Crippen LogP) is 5.07. The molecule has 1 aliphatic carbocycles. The summed E-state index contributed by atoms with van der Waals surface area (Å²) in [4.78, 5) is 0. The van der Waals surface area contributed by atoms with Crippen LogP contribution in [-0.2, 0) is 6.42 Å². The molecule has 1 fully saturated rings. The number of halogens is 2. The van der Waals surface area contributed by atoms with Gasteiger partial charge >= 0.3 is 0 Å². The van der Waals surface area contributed by atoms with E-state index in [4.69, 9.17) is 23.2 Å². The summed E-state index contributed by atoms with van der Waals surface area (Å²) in [6.07, 6.45) is 7.48. The summed E-state index contributed by atoms with van der Waals surface area (Å²) in [5, 5.41) is 1.18. The van der Waals surface area contributed by atoms with Crippen molar-refractivity contribution in [1.82, 2.24) is 0 Å². The van der Waals surface area contributed by atoms with Crippen LogP contribution in [0.2, 0.25) is 5.02 Å². The molecule has 0 heterocycles. The third kappa shape index (κ3) is 3.40. The molecule has 0 amide bonds. The maximum atomic E-state index is 6.44. The predicted molar refractivity (Wildman–Crippen MR) is 71.4 cm³/mol. The van der Waals surface area contributed by atoms with E-state index in [0.717, 1.165) is 11.4 Å². The SMILES string of the molecule is Clc1cccc(CC2CCCCCC2Cl)c1. The van der Waals surface area contributed by atoms with E-state index in [-0.39, 0.29) is 0 Å². The molecule has 2 heteroatoms. The zero-order valence-electron chi connectivity index (χ0n) is 9.46. The van der Waals surface area contributed by atoms with Crippen LogP contribution < -0.4 is 0 Å². The number of alkyl halides is 1. The van der Waals surface area contributed by atoms with Crippen LogP contribution >= 0.6 is 23.2 Å². The second-order valence-corrected chi connectivity index (χ2v) is 5.75. The number of hydrogen-bond acceptors (Lipinski definition) is 0. The highest BCUT2D eigenvalue weighted by molar-refractivity contribution is 6.30. The van der Waals surface area contributed by atoms with E-state index in [2.05, 4.69) is 12.1 Å². The van der Waals surface area contributed by atoms with Gasteiger partial charge in [-0.2, -0.15) is 0 Å². The zero-order chi connectivity index (χ0) is 11.4. The summed E-state index contributed by atoms with van der Waals surface area (Å²) in [5.41, 5.74) is 1.32. The molecule has 0 spiro atoms. The van der Waals surface area contributed by atoms with Crippen LogP contribution in [0, 0.1) is 5.92 Å². The molecule has 0 aromatic heterocycles. The molecule has 16 heavy (non-hydrogen) atoms. The average Bonchev–Trinajstić information content (AvgIpc) is 2.45. The van der Waals surface area contributed by atoms with Crippen LogP contribution in [0.4, 0.5) is 0 Å². The smallest absolute Gasteiger partial charge is 0.0408 e. The molecule has 1 aliphatic rings. The summed E-state index contributed by atoms with van der Waals surface area (Å²) < 4.78 is 0. The van der Waals surface area contributed by atoms with E-state index in [0.29, 0.717) is 11.3 Å². The minimum Gasteiger partial charge on any atom is -0.123 e. The normalized spacial score (nSPS) is 26.4. The standard InChI is InChI=1S/C14H18Cl2/c15-13-7-4-5-11(10-13)9-12-6-2-1-3-8-14(12)16/h4-5,7,10,12,14H,1-3,6,8-9H2. The minimum absolute atomic E-state index is 0.349. The Hall–Kier alpha value is -0.200. The fourth-order valence-electron chi connectivity index (χ4n) is 2.54. The van der Waals surface area contributed by atoms with Gasteiger partial charge in [-0.25, -0.2) is 0 Å². The van der Waals surface area contributed by atoms with E-state index < -0.39 is 0 Å². The molecule has 0 radical (unpaired) electrons. The van der Waals surface area contributed by atoms with Crippen molar-refractivity contribution < 1.29 is 0 Å². The van der Waals surface area contributed by atoms with Gasteiger partial charge in [-0.3, -0.25) is 0 Å². The molecule has 1 aromatic carbocycles. The summed E-state index contributed by atoms with van der Waals surface area (Å²) >= 11 is 12.4. The molecule has 0 saturated heterocycles. The molecule has 2 rings (SSSR count). The van der Waals surface area contributed by atoms with Gasteiger partial charge in [0.1, 0.15) is 0 Å². The van der Waals surface area contributed by atoms with Gasteiger partial charge in [0.2, 0.25) is 0 Å². The summed E-state index contributed by atoms with van der Waals surface area (Å²) in [6, 6.07) is 8.17. The van der Waals surface area contributed by atoms with Gasteiger partial charge in [-0.15, -0.1) is 11.6 Å². The lowest BCUT2D eigenvalue weighted by atomic mass is 9.92. The monoisotopic (exact) mass is 256 g/mol. The molecule has 1 aromatic rings. The Morgan fingerprint density at radius 1 is 1.12 bits per heavy atom. The zero-order valence-corrected chi connectivity index (χ0v) is 11.0. The summed E-state index contributed by atoms with van der Waals surface area (Å²) in [7, 11) is 0. The van der Waals surface area contributed by atoms with Crippen molar-refractivity contribution in [2.24, 2.45) is 5.92 Å². The molecular weight excluding hydrogens is 239 g/mol. The van der Waals surface area contributed by atoms with Crippen molar-refractivity contribution in [2.45, 2.75) is 43.9 Å². The van der Waals surface area contributed by atoms with Crippen LogP contribution in [0.1, 0.15) is 37.7 Å². The molecule has 0 nitrogen and oxygen atoms in total. The van der Waals surface area contributed by atoms with Crippen LogP contribution in [0.15, 0.2) is 24.3 Å². The van der Waals surface area contributed by atoms with E-state index in [1.54, 1.807) is 0 Å². The highest BCUT2D eigenvalue weighted by Gasteiger charge is 2.21. The number of benzene rings is 1. The lowest BCUT2D eigenvalue weighted by Crippen LogP contribution is -2.15. The lowest BCUT2D eigenvalue weighted by molar-refractivity contribution is 0.465. The highest BCUT2D eigenvalue weighted by atomic mass is 35.5. The van der Waals surface area contributed by atoms with Crippen molar-refractivity contribution in [3.63, 3.8) is 0 Å². The highest BCUT2D eigenvalue weighted by Crippen LogP contribution is 2.30. The first kappa shape index (κ1) is 12.3. The van der Waals surface area contributed by atoms with E-state index in [1.807, 2.05) is 12.1 Å². The number of rotatable bonds is 2. The van der Waals surface area contributed by atoms with Crippen LogP contribution in [0.25, 0.3) is 0 Å². The van der Waals surface area contributed by atoms with E-state index in [9.17, 15) is 0 Å². The molecule has 2 atom stereocenters. The Labute approximate surface area is 108 Å². The van der Waals surface area contributed by atoms with Gasteiger partial charge in [-0.1, -0.05) is 43.0 Å². The first-order chi connectivity index (χ1) is 7.75. The van der Waals surface area contributed by atoms with Gasteiger partial charge < -0.3 is 0 Å². The van der Waals surface area contributed by atoms with Gasteiger partial charge in [-0.05, 0) is 42.9 Å². The van der Waals surface area contributed by atoms with E-state index in [1.165, 1.54) is 37.7 Å². The first-order valence-corrected chi connectivity index (χ1v) is 6.95. The van der Waals surface area contributed by atoms with Crippen molar-refractivity contribution in [2.75, 3.05) is 0 Å². The molecular formula is C14H18Cl2. The average molecular weight is 257 g/mol. The largest absolute Gasteiger partial charge is 0.123 e. The molecule has 0 N–H and O–H groups in total. The Kier molecular flexibility index (Phi) is 4.55. The first-order valence-electron chi connectivity index (χ1n) is 6.14. The fourth-order valence-corrected chi connectivity index (χ4v) is 3.12. The second-order valence-electron chi connectivity index (χ2n) is 4.75. The van der Waals surface area contributed by atoms with Gasteiger partial charge in [0.05, 0.1) is 0 Å². The molecule has 1 saturated carbocycles. The Morgan fingerprint density at radius 3 is 2.75 bits per heavy atom. The minimum atomic E-state index is 0.349. The van der Waals surface area contributed by atoms with Crippen LogP contribution in [0.5, 0.6) is 0 Å². The molecule has 2 unspecified atom stereocenters. The number of hydrogen-bond donors (Lipinski definition) is 0. The Balaban J connectivity index is 2.02. The maximum Gasteiger partial charge on any atom is 0.0408 e. The molecule has 88 valence electrons. The van der Waals surface area contributed by atoms with Crippen molar-refractivity contribution in [3.8, 4) is 0 Å². The van der Waals surface area contributed by atoms with E-state index >= 15 is 0 Å². The Bertz CT molecular complexity index is 335. The maximum absolute atomic E-state index is 6.44. The third-order valence-corrected chi connectivity index (χ3v) is 4.26. The Morgan fingerprint density at radius 2 is 1.94 bits per heavy atom. The van der Waals surface area contributed by atoms with Crippen molar-refractivity contribution >= 4 is 23.2 Å². The van der Waals surface area contributed by atoms with Gasteiger partial charge in [0.15, 0.2) is 0 Å². The third-order valence-electron chi connectivity index (χ3n) is 3.45. The van der Waals surface area contributed by atoms with Gasteiger partial charge in [0.25, 0.3) is 0 Å². The fraction of sp³-hybridized carbons (Fsp3) is 0.571. The van der Waals surface area contributed by atoms with Crippen LogP contribution in [-0.4, -0.2) is 5.38 Å². The second kappa shape index (κ2) is 5.93. The quantitative estimate of drug-likeness (QED) is 0.512. The van der Waals surface area contributed by atoms with Crippen molar-refractivity contribution in [1.29, 1.82) is 0 Å². The molecule has 0 bridgehead atoms. The summed E-state index contributed by atoms with van der Waals surface area (Å²) in [5.74, 6) is 0.627. The van der Waals surface area contributed by atoms with Crippen LogP contribution in [0.3, 0.4) is 0 Å². The topological polar surface area (TPSA) is 0 Å². The van der Waals surface area contributed by atoms with Crippen molar-refractivity contribution in [3.05, 3.63) is 34.9 Å². The molecule has 0 aliphatic heterocycles. The summed E-state index contributed by atoms with van der Waals surface area (Å²) in [6.45, 7) is 0. The lowest BCUT2D eigenvalue weighted by Gasteiger charge is -2.19.